The van der Waals surface area contributed by atoms with Gasteiger partial charge >= 0.3 is 0 Å². The number of nitrogens with one attached hydrogen (secondary N) is 2. The second-order valence-electron chi connectivity index (χ2n) is 12.0. The van der Waals surface area contributed by atoms with Gasteiger partial charge in [-0.3, -0.25) is 19.3 Å². The lowest BCUT2D eigenvalue weighted by molar-refractivity contribution is -0.112. The number of aliphatic hydroxyl groups excluding tert-OH is 1. The summed E-state index contributed by atoms with van der Waals surface area (Å²) in [6.45, 7) is 7.91. The Hall–Kier alpha value is -4.44. The number of carbonyl (C=O) groups is 3. The number of amides is 2. The molecule has 0 saturated carbocycles. The molecule has 0 spiro atoms. The summed E-state index contributed by atoms with van der Waals surface area (Å²) < 4.78 is 13.5. The number of ketones is 1. The first-order valence-corrected chi connectivity index (χ1v) is 14.9. The maximum absolute atomic E-state index is 14.2. The van der Waals surface area contributed by atoms with Gasteiger partial charge in [-0.05, 0) is 81.6 Å². The maximum Gasteiger partial charge on any atom is 0.248 e. The van der Waals surface area contributed by atoms with Crippen molar-refractivity contribution in [3.63, 3.8) is 0 Å². The molecule has 3 aromatic carbocycles. The molecule has 45 heavy (non-hydrogen) atoms. The highest BCUT2D eigenvalue weighted by molar-refractivity contribution is 6.03. The van der Waals surface area contributed by atoms with Crippen molar-refractivity contribution in [2.24, 2.45) is 5.92 Å². The highest BCUT2D eigenvalue weighted by atomic mass is 19.1. The molecule has 1 saturated heterocycles. The van der Waals surface area contributed by atoms with Crippen LogP contribution in [0.5, 0.6) is 0 Å². The van der Waals surface area contributed by atoms with Gasteiger partial charge < -0.3 is 20.8 Å². The molecule has 0 bridgehead atoms. The van der Waals surface area contributed by atoms with Gasteiger partial charge in [-0.15, -0.1) is 0 Å². The molecule has 0 aromatic heterocycles. The van der Waals surface area contributed by atoms with Crippen LogP contribution in [0.15, 0.2) is 96.1 Å². The van der Waals surface area contributed by atoms with Crippen molar-refractivity contribution in [3.05, 3.63) is 119 Å². The summed E-state index contributed by atoms with van der Waals surface area (Å²) >= 11 is 0. The number of likely N-dealkylation sites (tertiary alicyclic amines) is 1. The quantitative estimate of drug-likeness (QED) is 0.171. The van der Waals surface area contributed by atoms with Crippen LogP contribution in [0, 0.1) is 11.7 Å². The fraction of sp³-hybridized carbons (Fsp3) is 0.306. The summed E-state index contributed by atoms with van der Waals surface area (Å²) in [5.41, 5.74) is 2.30. The standard InChI is InChI=1S/C36H40FN3O5/c1-23(2)17-33(42)38-29-9-5-7-26(19-29)35(44)31-21-40(22-32(41)25-11-13-28(37)14-12-25)16-15-36(31,45)27-8-6-10-30(20-27)39-34(43)18-24(3)4/h5-14,17-20,31-32,41,45H,15-16,21-22H2,1-4H3,(H,38,42)(H,39,43). The van der Waals surface area contributed by atoms with E-state index in [2.05, 4.69) is 10.6 Å². The number of benzene rings is 3. The second-order valence-corrected chi connectivity index (χ2v) is 12.0. The van der Waals surface area contributed by atoms with Crippen LogP contribution in [-0.4, -0.2) is 52.3 Å². The molecular weight excluding hydrogens is 573 g/mol. The molecule has 1 heterocycles. The normalized spacial score (nSPS) is 18.8. The fourth-order valence-electron chi connectivity index (χ4n) is 5.55. The average molecular weight is 614 g/mol. The molecule has 2 amide bonds. The van der Waals surface area contributed by atoms with Gasteiger partial charge in [-0.25, -0.2) is 4.39 Å². The minimum Gasteiger partial charge on any atom is -0.387 e. The molecule has 236 valence electrons. The zero-order valence-electron chi connectivity index (χ0n) is 26.0. The summed E-state index contributed by atoms with van der Waals surface area (Å²) in [4.78, 5) is 40.9. The number of halogens is 1. The van der Waals surface area contributed by atoms with E-state index in [1.165, 1.54) is 36.4 Å². The SMILES string of the molecule is CC(C)=CC(=O)Nc1cccc(C(=O)C2CN(CC(O)c3ccc(F)cc3)CCC2(O)c2cccc(NC(=O)C=C(C)C)c2)c1. The Morgan fingerprint density at radius 1 is 0.911 bits per heavy atom. The Morgan fingerprint density at radius 2 is 1.49 bits per heavy atom. The second kappa shape index (κ2) is 14.6. The van der Waals surface area contributed by atoms with Gasteiger partial charge in [0.2, 0.25) is 11.8 Å². The third-order valence-electron chi connectivity index (χ3n) is 7.71. The van der Waals surface area contributed by atoms with Crippen LogP contribution in [0.4, 0.5) is 15.8 Å². The number of hydrogen-bond acceptors (Lipinski definition) is 6. The van der Waals surface area contributed by atoms with E-state index in [1.54, 1.807) is 48.5 Å². The molecule has 0 aliphatic carbocycles. The van der Waals surface area contributed by atoms with Crippen LogP contribution in [0.25, 0.3) is 0 Å². The molecule has 9 heteroatoms. The molecule has 8 nitrogen and oxygen atoms in total. The molecule has 0 radical (unpaired) electrons. The van der Waals surface area contributed by atoms with E-state index in [9.17, 15) is 29.0 Å². The highest BCUT2D eigenvalue weighted by Crippen LogP contribution is 2.41. The van der Waals surface area contributed by atoms with Crippen LogP contribution < -0.4 is 10.6 Å². The number of nitrogens with zero attached hydrogens (tertiary/aromatic N) is 1. The Labute approximate surface area is 263 Å². The first kappa shape index (κ1) is 33.5. The molecule has 3 atom stereocenters. The number of hydrogen-bond donors (Lipinski definition) is 4. The Kier molecular flexibility index (Phi) is 10.8. The number of rotatable bonds is 10. The molecule has 4 N–H and O–H groups in total. The first-order valence-electron chi connectivity index (χ1n) is 14.9. The number of β-amino-alcohol motifs (C(OH)–C–C–N with tert-alkyl or cyclic N) is 1. The van der Waals surface area contributed by atoms with Gasteiger partial charge in [-0.2, -0.15) is 0 Å². The third kappa shape index (κ3) is 8.82. The van der Waals surface area contributed by atoms with E-state index in [-0.39, 0.29) is 37.1 Å². The summed E-state index contributed by atoms with van der Waals surface area (Å²) in [6.07, 6.45) is 2.17. The van der Waals surface area contributed by atoms with Crippen molar-refractivity contribution in [1.82, 2.24) is 4.90 Å². The minimum atomic E-state index is -1.60. The minimum absolute atomic E-state index is 0.121. The van der Waals surface area contributed by atoms with Crippen LogP contribution in [0.3, 0.4) is 0 Å². The number of allylic oxidation sites excluding steroid dienone is 2. The Balaban J connectivity index is 1.66. The van der Waals surface area contributed by atoms with Crippen LogP contribution >= 0.6 is 0 Å². The topological polar surface area (TPSA) is 119 Å². The average Bonchev–Trinajstić information content (AvgIpc) is 2.97. The summed E-state index contributed by atoms with van der Waals surface area (Å²) in [5.74, 6) is -2.32. The van der Waals surface area contributed by atoms with Crippen molar-refractivity contribution in [1.29, 1.82) is 0 Å². The summed E-state index contributed by atoms with van der Waals surface area (Å²) in [5, 5.41) is 28.8. The molecule has 4 rings (SSSR count). The van der Waals surface area contributed by atoms with Gasteiger partial charge in [0.15, 0.2) is 5.78 Å². The number of carbonyl (C=O) groups excluding carboxylic acids is 3. The largest absolute Gasteiger partial charge is 0.387 e. The van der Waals surface area contributed by atoms with Crippen LogP contribution in [0.2, 0.25) is 0 Å². The van der Waals surface area contributed by atoms with Crippen molar-refractivity contribution in [3.8, 4) is 0 Å². The van der Waals surface area contributed by atoms with Crippen molar-refractivity contribution >= 4 is 29.0 Å². The van der Waals surface area contributed by atoms with Gasteiger partial charge in [0.25, 0.3) is 0 Å². The summed E-state index contributed by atoms with van der Waals surface area (Å²) in [7, 11) is 0. The molecule has 1 aliphatic heterocycles. The molecule has 1 fully saturated rings. The van der Waals surface area contributed by atoms with Crippen LogP contribution in [0.1, 0.15) is 61.7 Å². The monoisotopic (exact) mass is 613 g/mol. The highest BCUT2D eigenvalue weighted by Gasteiger charge is 2.47. The van der Waals surface area contributed by atoms with E-state index in [4.69, 9.17) is 0 Å². The molecule has 3 unspecified atom stereocenters. The van der Waals surface area contributed by atoms with E-state index in [0.717, 1.165) is 11.1 Å². The fourth-order valence-corrected chi connectivity index (χ4v) is 5.55. The van der Waals surface area contributed by atoms with Gasteiger partial charge in [0.05, 0.1) is 12.0 Å². The Morgan fingerprint density at radius 3 is 2.09 bits per heavy atom. The predicted molar refractivity (Wildman–Crippen MR) is 173 cm³/mol. The Bertz CT molecular complexity index is 1610. The van der Waals surface area contributed by atoms with Crippen molar-refractivity contribution in [2.45, 2.75) is 45.8 Å². The smallest absolute Gasteiger partial charge is 0.248 e. The molecular formula is C36H40FN3O5. The van der Waals surface area contributed by atoms with Crippen LogP contribution in [-0.2, 0) is 15.2 Å². The zero-order valence-corrected chi connectivity index (χ0v) is 26.0. The molecule has 1 aliphatic rings. The first-order chi connectivity index (χ1) is 21.3. The lowest BCUT2D eigenvalue weighted by Crippen LogP contribution is -2.53. The predicted octanol–water partition coefficient (Wildman–Crippen LogP) is 5.76. The van der Waals surface area contributed by atoms with E-state index in [1.807, 2.05) is 32.6 Å². The number of aliphatic hydroxyl groups is 2. The van der Waals surface area contributed by atoms with Crippen molar-refractivity contribution < 1.29 is 29.0 Å². The summed E-state index contributed by atoms with van der Waals surface area (Å²) in [6, 6.07) is 19.0. The van der Waals surface area contributed by atoms with Gasteiger partial charge in [0, 0.05) is 48.7 Å². The van der Waals surface area contributed by atoms with E-state index in [0.29, 0.717) is 34.6 Å². The van der Waals surface area contributed by atoms with E-state index >= 15 is 0 Å². The van der Waals surface area contributed by atoms with Crippen molar-refractivity contribution in [2.75, 3.05) is 30.3 Å². The van der Waals surface area contributed by atoms with E-state index < -0.39 is 23.4 Å². The zero-order chi connectivity index (χ0) is 32.7. The number of anilines is 2. The lowest BCUT2D eigenvalue weighted by atomic mass is 9.72. The lowest BCUT2D eigenvalue weighted by Gasteiger charge is -2.45. The molecule has 3 aromatic rings. The number of piperidine rings is 1. The maximum atomic E-state index is 14.2. The van der Waals surface area contributed by atoms with Gasteiger partial charge in [-0.1, -0.05) is 47.5 Å². The van der Waals surface area contributed by atoms with Gasteiger partial charge in [0.1, 0.15) is 11.4 Å². The number of Topliss-reactive ketones (excluding diaryl/α,β-unsaturated/α-hetero) is 1. The third-order valence-corrected chi connectivity index (χ3v) is 7.71.